The average molecular weight is 298 g/mol. The maximum atomic E-state index is 12.0. The van der Waals surface area contributed by atoms with Crippen molar-refractivity contribution in [3.63, 3.8) is 0 Å². The third-order valence-corrected chi connectivity index (χ3v) is 3.83. The maximum absolute atomic E-state index is 12.0. The molecule has 1 aliphatic carbocycles. The van der Waals surface area contributed by atoms with Gasteiger partial charge in [0.1, 0.15) is 17.5 Å². The van der Waals surface area contributed by atoms with Gasteiger partial charge in [0.2, 0.25) is 5.91 Å². The number of carbonyl (C=O) groups excluding carboxylic acids is 1. The van der Waals surface area contributed by atoms with Crippen molar-refractivity contribution >= 4 is 17.5 Å². The summed E-state index contributed by atoms with van der Waals surface area (Å²) in [6.45, 7) is 6.03. The van der Waals surface area contributed by atoms with Crippen LogP contribution in [0.25, 0.3) is 0 Å². The normalized spacial score (nSPS) is 16.2. The summed E-state index contributed by atoms with van der Waals surface area (Å²) in [5.74, 6) is 1.08. The second-order valence-electron chi connectivity index (χ2n) is 5.74. The molecule has 1 saturated carbocycles. The summed E-state index contributed by atoms with van der Waals surface area (Å²) >= 11 is 5.83. The van der Waals surface area contributed by atoms with Crippen molar-refractivity contribution in [1.29, 1.82) is 0 Å². The minimum atomic E-state index is -0.265. The second kappa shape index (κ2) is 5.95. The zero-order chi connectivity index (χ0) is 14.9. The summed E-state index contributed by atoms with van der Waals surface area (Å²) in [4.78, 5) is 28.2. The SMILES string of the molecule is CC(C)C(C)NC(=O)Cn1c(C2CC2)nc(Cl)cc1=O. The molecule has 0 aliphatic heterocycles. The van der Waals surface area contributed by atoms with Gasteiger partial charge in [-0.15, -0.1) is 0 Å². The van der Waals surface area contributed by atoms with Gasteiger partial charge < -0.3 is 5.32 Å². The Balaban J connectivity index is 2.16. The van der Waals surface area contributed by atoms with Crippen LogP contribution >= 0.6 is 11.6 Å². The molecule has 0 radical (unpaired) electrons. The Kier molecular flexibility index (Phi) is 4.48. The lowest BCUT2D eigenvalue weighted by molar-refractivity contribution is -0.122. The van der Waals surface area contributed by atoms with E-state index < -0.39 is 0 Å². The third kappa shape index (κ3) is 3.60. The first-order chi connectivity index (χ1) is 9.38. The van der Waals surface area contributed by atoms with Gasteiger partial charge >= 0.3 is 0 Å². The molecule has 1 N–H and O–H groups in total. The van der Waals surface area contributed by atoms with E-state index >= 15 is 0 Å². The van der Waals surface area contributed by atoms with Gasteiger partial charge in [0, 0.05) is 18.0 Å². The van der Waals surface area contributed by atoms with Crippen molar-refractivity contribution in [2.24, 2.45) is 5.92 Å². The largest absolute Gasteiger partial charge is 0.352 e. The minimum absolute atomic E-state index is 0.00585. The Labute approximate surface area is 123 Å². The molecule has 1 fully saturated rings. The van der Waals surface area contributed by atoms with Crippen LogP contribution in [0.3, 0.4) is 0 Å². The van der Waals surface area contributed by atoms with E-state index in [2.05, 4.69) is 10.3 Å². The molecule has 1 atom stereocenters. The smallest absolute Gasteiger partial charge is 0.255 e. The van der Waals surface area contributed by atoms with Gasteiger partial charge in [0.05, 0.1) is 0 Å². The molecular weight excluding hydrogens is 278 g/mol. The Morgan fingerprint density at radius 1 is 1.50 bits per heavy atom. The molecule has 1 aromatic heterocycles. The number of carbonyl (C=O) groups is 1. The van der Waals surface area contributed by atoms with Crippen LogP contribution in [0.15, 0.2) is 10.9 Å². The predicted octanol–water partition coefficient (Wildman–Crippen LogP) is 1.93. The topological polar surface area (TPSA) is 64.0 Å². The van der Waals surface area contributed by atoms with Crippen molar-refractivity contribution in [2.45, 2.75) is 52.1 Å². The highest BCUT2D eigenvalue weighted by molar-refractivity contribution is 6.29. The Hall–Kier alpha value is -1.36. The summed E-state index contributed by atoms with van der Waals surface area (Å²) in [7, 11) is 0. The van der Waals surface area contributed by atoms with E-state index in [1.165, 1.54) is 10.6 Å². The number of nitrogens with one attached hydrogen (secondary N) is 1. The van der Waals surface area contributed by atoms with E-state index in [4.69, 9.17) is 11.6 Å². The summed E-state index contributed by atoms with van der Waals surface area (Å²) < 4.78 is 1.44. The standard InChI is InChI=1S/C14H20ClN3O2/c1-8(2)9(3)16-12(19)7-18-13(20)6-11(15)17-14(18)10-4-5-10/h6,8-10H,4-5,7H2,1-3H3,(H,16,19). The molecule has 0 bridgehead atoms. The molecule has 1 amide bonds. The van der Waals surface area contributed by atoms with Gasteiger partial charge in [-0.1, -0.05) is 25.4 Å². The highest BCUT2D eigenvalue weighted by Gasteiger charge is 2.29. The van der Waals surface area contributed by atoms with Crippen LogP contribution in [0.1, 0.15) is 45.4 Å². The highest BCUT2D eigenvalue weighted by atomic mass is 35.5. The average Bonchev–Trinajstić information content (AvgIpc) is 3.16. The van der Waals surface area contributed by atoms with E-state index in [0.717, 1.165) is 12.8 Å². The molecule has 0 aromatic carbocycles. The van der Waals surface area contributed by atoms with E-state index in [0.29, 0.717) is 11.7 Å². The van der Waals surface area contributed by atoms with Gasteiger partial charge in [0.25, 0.3) is 5.56 Å². The fourth-order valence-corrected chi connectivity index (χ4v) is 2.10. The number of amides is 1. The predicted molar refractivity (Wildman–Crippen MR) is 77.9 cm³/mol. The first kappa shape index (κ1) is 15.0. The highest BCUT2D eigenvalue weighted by Crippen LogP contribution is 2.38. The van der Waals surface area contributed by atoms with Crippen molar-refractivity contribution in [1.82, 2.24) is 14.9 Å². The van der Waals surface area contributed by atoms with E-state index in [1.54, 1.807) is 0 Å². The number of rotatable bonds is 5. The van der Waals surface area contributed by atoms with Gasteiger partial charge in [-0.3, -0.25) is 14.2 Å². The number of halogens is 1. The summed E-state index contributed by atoms with van der Waals surface area (Å²) in [5, 5.41) is 3.10. The summed E-state index contributed by atoms with van der Waals surface area (Å²) in [5.41, 5.74) is -0.265. The number of nitrogens with zero attached hydrogens (tertiary/aromatic N) is 2. The zero-order valence-corrected chi connectivity index (χ0v) is 12.8. The lowest BCUT2D eigenvalue weighted by Crippen LogP contribution is -2.40. The van der Waals surface area contributed by atoms with Crippen LogP contribution in [0, 0.1) is 5.92 Å². The van der Waals surface area contributed by atoms with Crippen LogP contribution in [0.5, 0.6) is 0 Å². The molecule has 6 heteroatoms. The Morgan fingerprint density at radius 3 is 2.70 bits per heavy atom. The first-order valence-corrected chi connectivity index (χ1v) is 7.33. The summed E-state index contributed by atoms with van der Waals surface area (Å²) in [6.07, 6.45) is 1.99. The van der Waals surface area contributed by atoms with Crippen molar-refractivity contribution in [3.05, 3.63) is 27.4 Å². The molecule has 2 rings (SSSR count). The fraction of sp³-hybridized carbons (Fsp3) is 0.643. The summed E-state index contributed by atoms with van der Waals surface area (Å²) in [6, 6.07) is 1.33. The molecule has 1 aliphatic rings. The molecule has 110 valence electrons. The second-order valence-corrected chi connectivity index (χ2v) is 6.12. The Morgan fingerprint density at radius 2 is 2.15 bits per heavy atom. The quantitative estimate of drug-likeness (QED) is 0.845. The van der Waals surface area contributed by atoms with Crippen LogP contribution < -0.4 is 10.9 Å². The number of aromatic nitrogens is 2. The number of hydrogen-bond donors (Lipinski definition) is 1. The molecular formula is C14H20ClN3O2. The molecule has 1 heterocycles. The fourth-order valence-electron chi connectivity index (χ4n) is 1.92. The lowest BCUT2D eigenvalue weighted by atomic mass is 10.1. The number of hydrogen-bond acceptors (Lipinski definition) is 3. The zero-order valence-electron chi connectivity index (χ0n) is 12.0. The van der Waals surface area contributed by atoms with Crippen LogP contribution in [-0.4, -0.2) is 21.5 Å². The molecule has 0 spiro atoms. The first-order valence-electron chi connectivity index (χ1n) is 6.95. The van der Waals surface area contributed by atoms with Crippen LogP contribution in [0.2, 0.25) is 5.15 Å². The monoisotopic (exact) mass is 297 g/mol. The molecule has 1 unspecified atom stereocenters. The van der Waals surface area contributed by atoms with Crippen molar-refractivity contribution in [2.75, 3.05) is 0 Å². The van der Waals surface area contributed by atoms with E-state index in [9.17, 15) is 9.59 Å². The Bertz CT molecular complexity index is 564. The van der Waals surface area contributed by atoms with Gasteiger partial charge in [-0.2, -0.15) is 0 Å². The van der Waals surface area contributed by atoms with Crippen molar-refractivity contribution in [3.8, 4) is 0 Å². The van der Waals surface area contributed by atoms with Gasteiger partial charge in [-0.25, -0.2) is 4.98 Å². The molecule has 0 saturated heterocycles. The van der Waals surface area contributed by atoms with Crippen molar-refractivity contribution < 1.29 is 4.79 Å². The molecule has 1 aromatic rings. The lowest BCUT2D eigenvalue weighted by Gasteiger charge is -2.18. The minimum Gasteiger partial charge on any atom is -0.352 e. The molecule has 5 nitrogen and oxygen atoms in total. The van der Waals surface area contributed by atoms with Gasteiger partial charge in [-0.05, 0) is 25.7 Å². The third-order valence-electron chi connectivity index (χ3n) is 3.64. The van der Waals surface area contributed by atoms with E-state index in [1.807, 2.05) is 20.8 Å². The van der Waals surface area contributed by atoms with Gasteiger partial charge in [0.15, 0.2) is 0 Å². The van der Waals surface area contributed by atoms with Crippen LogP contribution in [0.4, 0.5) is 0 Å². The molecule has 20 heavy (non-hydrogen) atoms. The maximum Gasteiger partial charge on any atom is 0.255 e. The van der Waals surface area contributed by atoms with E-state index in [-0.39, 0.29) is 35.1 Å². The van der Waals surface area contributed by atoms with Crippen LogP contribution in [-0.2, 0) is 11.3 Å².